The van der Waals surface area contributed by atoms with Crippen molar-refractivity contribution in [2.75, 3.05) is 6.54 Å². The summed E-state index contributed by atoms with van der Waals surface area (Å²) in [5, 5.41) is 8.43. The molecule has 0 saturated heterocycles. The summed E-state index contributed by atoms with van der Waals surface area (Å²) in [5.74, 6) is -0.832. The smallest absolute Gasteiger partial charge is 0.323 e. The van der Waals surface area contributed by atoms with E-state index >= 15 is 0 Å². The fourth-order valence-corrected chi connectivity index (χ4v) is 0.694. The molecule has 0 aromatic rings. The first kappa shape index (κ1) is 9.75. The van der Waals surface area contributed by atoms with Crippen LogP contribution in [-0.4, -0.2) is 22.5 Å². The quantitative estimate of drug-likeness (QED) is 0.667. The molecule has 0 amide bonds. The summed E-state index contributed by atoms with van der Waals surface area (Å²) in [6.45, 7) is 3.70. The molecule has 0 saturated carbocycles. The fourth-order valence-electron chi connectivity index (χ4n) is 0.694. The Balaban J connectivity index is 3.99. The molecule has 0 fully saturated rings. The van der Waals surface area contributed by atoms with Gasteiger partial charge in [0.15, 0.2) is 0 Å². The summed E-state index contributed by atoms with van der Waals surface area (Å²) in [7, 11) is 0. The number of hydrogen-bond donors (Lipinski definition) is 1. The van der Waals surface area contributed by atoms with Crippen LogP contribution >= 0.6 is 0 Å². The van der Waals surface area contributed by atoms with E-state index in [1.165, 1.54) is 0 Å². The average molecular weight is 155 g/mol. The van der Waals surface area contributed by atoms with Crippen LogP contribution in [0.2, 0.25) is 0 Å². The number of carbonyl (C=O) groups is 1. The average Bonchev–Trinajstić information content (AvgIpc) is 1.87. The highest BCUT2D eigenvalue weighted by Crippen LogP contribution is 1.90. The molecule has 0 aliphatic carbocycles. The number of allylic oxidation sites excluding steroid dienone is 2. The van der Waals surface area contributed by atoms with E-state index in [1.54, 1.807) is 29.5 Å². The number of hydrogen-bond acceptors (Lipinski definition) is 2. The Morgan fingerprint density at radius 3 is 2.09 bits per heavy atom. The number of rotatable bonds is 4. The first-order valence-electron chi connectivity index (χ1n) is 3.44. The first-order valence-corrected chi connectivity index (χ1v) is 3.44. The number of nitrogens with zero attached hydrogens (tertiary/aromatic N) is 1. The van der Waals surface area contributed by atoms with E-state index in [-0.39, 0.29) is 6.54 Å². The van der Waals surface area contributed by atoms with E-state index in [1.807, 2.05) is 13.8 Å². The molecule has 0 aliphatic heterocycles. The third-order valence-electron chi connectivity index (χ3n) is 0.999. The molecule has 0 heterocycles. The van der Waals surface area contributed by atoms with Crippen LogP contribution in [0.4, 0.5) is 0 Å². The van der Waals surface area contributed by atoms with Gasteiger partial charge in [-0.3, -0.25) is 4.79 Å². The molecule has 3 heteroatoms. The molecule has 1 N–H and O–H groups in total. The maximum absolute atomic E-state index is 10.2. The molecule has 0 aromatic carbocycles. The minimum absolute atomic E-state index is 0.00861. The Labute approximate surface area is 66.6 Å². The maximum Gasteiger partial charge on any atom is 0.323 e. The Hall–Kier alpha value is -1.25. The second-order valence-corrected chi connectivity index (χ2v) is 2.03. The summed E-state index contributed by atoms with van der Waals surface area (Å²) in [6.07, 6.45) is 7.02. The lowest BCUT2D eigenvalue weighted by Crippen LogP contribution is -2.19. The van der Waals surface area contributed by atoms with Gasteiger partial charge < -0.3 is 10.0 Å². The van der Waals surface area contributed by atoms with Gasteiger partial charge in [0.1, 0.15) is 6.54 Å². The van der Waals surface area contributed by atoms with Crippen molar-refractivity contribution in [1.29, 1.82) is 0 Å². The molecule has 0 atom stereocenters. The van der Waals surface area contributed by atoms with Gasteiger partial charge in [-0.05, 0) is 26.2 Å². The molecular formula is C8H13NO2. The Kier molecular flexibility index (Phi) is 4.90. The number of aliphatic carboxylic acids is 1. The lowest BCUT2D eigenvalue weighted by Gasteiger charge is -2.10. The molecular weight excluding hydrogens is 142 g/mol. The van der Waals surface area contributed by atoms with Crippen LogP contribution in [0.3, 0.4) is 0 Å². The van der Waals surface area contributed by atoms with Gasteiger partial charge in [0.25, 0.3) is 0 Å². The highest BCUT2D eigenvalue weighted by Gasteiger charge is 1.99. The molecule has 0 rings (SSSR count). The minimum Gasteiger partial charge on any atom is -0.480 e. The van der Waals surface area contributed by atoms with E-state index < -0.39 is 5.97 Å². The van der Waals surface area contributed by atoms with Gasteiger partial charge in [0.2, 0.25) is 0 Å². The lowest BCUT2D eigenvalue weighted by atomic mass is 10.5. The van der Waals surface area contributed by atoms with Gasteiger partial charge in [-0.25, -0.2) is 0 Å². The fraction of sp³-hybridized carbons (Fsp3) is 0.375. The summed E-state index contributed by atoms with van der Waals surface area (Å²) in [5.41, 5.74) is 0. The van der Waals surface area contributed by atoms with Gasteiger partial charge in [0, 0.05) is 0 Å². The molecule has 62 valence electrons. The summed E-state index contributed by atoms with van der Waals surface area (Å²) >= 11 is 0. The van der Waals surface area contributed by atoms with Crippen molar-refractivity contribution < 1.29 is 9.90 Å². The SMILES string of the molecule is CC=CN(C=CC)CC(=O)O. The Bertz CT molecular complexity index is 161. The molecule has 0 bridgehead atoms. The topological polar surface area (TPSA) is 40.5 Å². The van der Waals surface area contributed by atoms with Gasteiger partial charge in [-0.15, -0.1) is 0 Å². The highest BCUT2D eigenvalue weighted by molar-refractivity contribution is 5.69. The summed E-state index contributed by atoms with van der Waals surface area (Å²) in [6, 6.07) is 0. The molecule has 0 radical (unpaired) electrons. The van der Waals surface area contributed by atoms with E-state index in [2.05, 4.69) is 0 Å². The zero-order valence-electron chi connectivity index (χ0n) is 6.82. The molecule has 0 aliphatic rings. The second-order valence-electron chi connectivity index (χ2n) is 2.03. The second kappa shape index (κ2) is 5.53. The van der Waals surface area contributed by atoms with Crippen LogP contribution in [0, 0.1) is 0 Å². The third kappa shape index (κ3) is 5.21. The summed E-state index contributed by atoms with van der Waals surface area (Å²) < 4.78 is 0. The van der Waals surface area contributed by atoms with Crippen LogP contribution in [-0.2, 0) is 4.79 Å². The molecule has 3 nitrogen and oxygen atoms in total. The van der Waals surface area contributed by atoms with Gasteiger partial charge in [-0.1, -0.05) is 12.2 Å². The lowest BCUT2D eigenvalue weighted by molar-refractivity contribution is -0.137. The van der Waals surface area contributed by atoms with Crippen LogP contribution < -0.4 is 0 Å². The van der Waals surface area contributed by atoms with Crippen LogP contribution in [0.1, 0.15) is 13.8 Å². The predicted molar refractivity (Wildman–Crippen MR) is 44.0 cm³/mol. The Morgan fingerprint density at radius 1 is 1.36 bits per heavy atom. The van der Waals surface area contributed by atoms with E-state index in [4.69, 9.17) is 5.11 Å². The largest absolute Gasteiger partial charge is 0.480 e. The standard InChI is InChI=1S/C8H13NO2/c1-3-5-9(6-4-2)7-8(10)11/h3-6H,7H2,1-2H3,(H,10,11). The van der Waals surface area contributed by atoms with Crippen molar-refractivity contribution in [2.24, 2.45) is 0 Å². The predicted octanol–water partition coefficient (Wildman–Crippen LogP) is 1.44. The summed E-state index contributed by atoms with van der Waals surface area (Å²) in [4.78, 5) is 11.8. The zero-order valence-corrected chi connectivity index (χ0v) is 6.82. The minimum atomic E-state index is -0.832. The maximum atomic E-state index is 10.2. The highest BCUT2D eigenvalue weighted by atomic mass is 16.4. The molecule has 0 aromatic heterocycles. The number of carboxylic acids is 1. The van der Waals surface area contributed by atoms with Crippen LogP contribution in [0.15, 0.2) is 24.6 Å². The van der Waals surface area contributed by atoms with Crippen LogP contribution in [0.5, 0.6) is 0 Å². The molecule has 0 spiro atoms. The number of carboxylic acid groups (broad SMARTS) is 1. The van der Waals surface area contributed by atoms with E-state index in [0.717, 1.165) is 0 Å². The molecule has 11 heavy (non-hydrogen) atoms. The normalized spacial score (nSPS) is 11.1. The van der Waals surface area contributed by atoms with Gasteiger partial charge >= 0.3 is 5.97 Å². The first-order chi connectivity index (χ1) is 5.20. The van der Waals surface area contributed by atoms with Crippen LogP contribution in [0.25, 0.3) is 0 Å². The molecule has 0 unspecified atom stereocenters. The Morgan fingerprint density at radius 2 is 1.82 bits per heavy atom. The van der Waals surface area contributed by atoms with Gasteiger partial charge in [0.05, 0.1) is 0 Å². The van der Waals surface area contributed by atoms with Crippen molar-refractivity contribution in [3.63, 3.8) is 0 Å². The van der Waals surface area contributed by atoms with Crippen molar-refractivity contribution in [1.82, 2.24) is 4.90 Å². The zero-order chi connectivity index (χ0) is 8.69. The van der Waals surface area contributed by atoms with E-state index in [0.29, 0.717) is 0 Å². The monoisotopic (exact) mass is 155 g/mol. The van der Waals surface area contributed by atoms with Crippen molar-refractivity contribution in [3.8, 4) is 0 Å². The van der Waals surface area contributed by atoms with E-state index in [9.17, 15) is 4.79 Å². The van der Waals surface area contributed by atoms with Gasteiger partial charge in [-0.2, -0.15) is 0 Å². The van der Waals surface area contributed by atoms with Crippen molar-refractivity contribution >= 4 is 5.97 Å². The van der Waals surface area contributed by atoms with Crippen molar-refractivity contribution in [3.05, 3.63) is 24.6 Å². The third-order valence-corrected chi connectivity index (χ3v) is 0.999. The van der Waals surface area contributed by atoms with Crippen molar-refractivity contribution in [2.45, 2.75) is 13.8 Å².